The molecule has 0 heterocycles. The van der Waals surface area contributed by atoms with Crippen molar-refractivity contribution < 1.29 is 101 Å². The van der Waals surface area contributed by atoms with E-state index in [9.17, 15) is 30.3 Å². The minimum absolute atomic E-state index is 0. The predicted octanol–water partition coefficient (Wildman–Crippen LogP) is -9.01. The van der Waals surface area contributed by atoms with E-state index in [0.29, 0.717) is 0 Å². The Balaban J connectivity index is 0. The molecule has 9 N–H and O–H groups in total. The predicted molar refractivity (Wildman–Crippen MR) is 50.1 cm³/mol. The van der Waals surface area contributed by atoms with Crippen LogP contribution in [0.1, 0.15) is 0 Å². The van der Waals surface area contributed by atoms with E-state index in [4.69, 9.17) is 26.0 Å². The van der Waals surface area contributed by atoms with E-state index in [0.717, 1.165) is 0 Å². The standard InChI is InChI=1S/C7H14O14.Na/c8-1-2(9)3(10)5(13,19-16)7(15,21-18)6(14,20-17)4(11)12;/h2-3,8-10,13-18H,1H2,(H,11,12);/q;+1/p-1. The van der Waals surface area contributed by atoms with Crippen LogP contribution in [0.2, 0.25) is 0 Å². The van der Waals surface area contributed by atoms with Crippen LogP contribution in [0, 0.1) is 0 Å². The van der Waals surface area contributed by atoms with Gasteiger partial charge in [0.2, 0.25) is 0 Å². The molecule has 0 radical (unpaired) electrons. The maximum Gasteiger partial charge on any atom is 1.00 e. The van der Waals surface area contributed by atoms with Crippen LogP contribution in [0.4, 0.5) is 0 Å². The summed E-state index contributed by atoms with van der Waals surface area (Å²) in [6.07, 6.45) is -5.46. The van der Waals surface area contributed by atoms with Crippen molar-refractivity contribution in [2.24, 2.45) is 0 Å². The first kappa shape index (κ1) is 24.2. The monoisotopic (exact) mass is 344 g/mol. The Morgan fingerprint density at radius 1 is 1.05 bits per heavy atom. The number of hydrogen-bond acceptors (Lipinski definition) is 14. The van der Waals surface area contributed by atoms with Gasteiger partial charge in [-0.1, -0.05) is 0 Å². The number of carboxylic acid groups (broad SMARTS) is 1. The van der Waals surface area contributed by atoms with Gasteiger partial charge in [-0.2, -0.15) is 14.7 Å². The summed E-state index contributed by atoms with van der Waals surface area (Å²) in [6, 6.07) is 0. The first-order chi connectivity index (χ1) is 9.52. The van der Waals surface area contributed by atoms with Crippen LogP contribution < -0.4 is 34.7 Å². The fourth-order valence-corrected chi connectivity index (χ4v) is 1.28. The van der Waals surface area contributed by atoms with Gasteiger partial charge < -0.3 is 40.5 Å². The summed E-state index contributed by atoms with van der Waals surface area (Å²) in [5.74, 6) is -16.4. The molecule has 0 saturated carbocycles. The number of rotatable bonds is 9. The van der Waals surface area contributed by atoms with E-state index in [1.807, 2.05) is 0 Å². The van der Waals surface area contributed by atoms with Crippen molar-refractivity contribution in [1.82, 2.24) is 0 Å². The Labute approximate surface area is 143 Å². The Kier molecular flexibility index (Phi) is 9.62. The molecule has 0 fully saturated rings. The van der Waals surface area contributed by atoms with Gasteiger partial charge in [0.05, 0.1) is 6.61 Å². The van der Waals surface area contributed by atoms with Gasteiger partial charge in [-0.3, -0.25) is 0 Å². The third kappa shape index (κ3) is 3.56. The molecular formula is C7H13NaO14. The number of carbonyl (C=O) groups is 1. The second kappa shape index (κ2) is 8.73. The zero-order chi connectivity index (χ0) is 17.1. The van der Waals surface area contributed by atoms with E-state index in [2.05, 4.69) is 14.7 Å². The number of hydrogen-bond donors (Lipinski definition) is 9. The van der Waals surface area contributed by atoms with Gasteiger partial charge in [0, 0.05) is 0 Å². The van der Waals surface area contributed by atoms with Crippen molar-refractivity contribution in [3.8, 4) is 0 Å². The third-order valence-corrected chi connectivity index (χ3v) is 2.58. The van der Waals surface area contributed by atoms with Crippen molar-refractivity contribution in [3.63, 3.8) is 0 Å². The summed E-state index contributed by atoms with van der Waals surface area (Å²) in [6.45, 7) is -1.35. The average molecular weight is 344 g/mol. The molecule has 0 rings (SSSR count). The minimum atomic E-state index is -4.59. The Morgan fingerprint density at radius 2 is 1.50 bits per heavy atom. The molecule has 0 saturated heterocycles. The van der Waals surface area contributed by atoms with Gasteiger partial charge in [0.25, 0.3) is 5.79 Å². The number of aliphatic hydroxyl groups excluding tert-OH is 3. The zero-order valence-corrected chi connectivity index (χ0v) is 12.9. The molecule has 0 aromatic carbocycles. The molecule has 15 heteroatoms. The summed E-state index contributed by atoms with van der Waals surface area (Å²) in [4.78, 5) is 19.7. The Bertz CT molecular complexity index is 367. The van der Waals surface area contributed by atoms with Crippen LogP contribution in [0.3, 0.4) is 0 Å². The summed E-state index contributed by atoms with van der Waals surface area (Å²) in [7, 11) is 0. The summed E-state index contributed by atoms with van der Waals surface area (Å²) < 4.78 is 0. The maximum absolute atomic E-state index is 10.6. The fraction of sp³-hybridized carbons (Fsp3) is 0.857. The molecule has 0 aliphatic heterocycles. The van der Waals surface area contributed by atoms with Crippen molar-refractivity contribution in [2.75, 3.05) is 6.61 Å². The van der Waals surface area contributed by atoms with Crippen LogP contribution in [-0.2, 0) is 19.5 Å². The molecule has 126 valence electrons. The summed E-state index contributed by atoms with van der Waals surface area (Å²) in [5, 5.41) is 91.5. The quantitative estimate of drug-likeness (QED) is 0.0815. The molecule has 22 heavy (non-hydrogen) atoms. The normalized spacial score (nSPS) is 22.4. The van der Waals surface area contributed by atoms with E-state index >= 15 is 0 Å². The van der Waals surface area contributed by atoms with Crippen LogP contribution in [-0.4, -0.2) is 88.6 Å². The fourth-order valence-electron chi connectivity index (χ4n) is 1.28. The van der Waals surface area contributed by atoms with Gasteiger partial charge in [-0.15, -0.1) is 0 Å². The summed E-state index contributed by atoms with van der Waals surface area (Å²) in [5.41, 5.74) is 0. The Morgan fingerprint density at radius 3 is 1.73 bits per heavy atom. The Hall–Kier alpha value is -0.0100. The molecule has 5 atom stereocenters. The van der Waals surface area contributed by atoms with Gasteiger partial charge in [0.1, 0.15) is 18.2 Å². The molecule has 0 amide bonds. The van der Waals surface area contributed by atoms with Crippen molar-refractivity contribution in [3.05, 3.63) is 0 Å². The molecule has 0 aliphatic rings. The first-order valence-electron chi connectivity index (χ1n) is 4.85. The molecule has 5 unspecified atom stereocenters. The van der Waals surface area contributed by atoms with Gasteiger partial charge in [-0.05, 0) is 0 Å². The van der Waals surface area contributed by atoms with E-state index in [1.54, 1.807) is 0 Å². The van der Waals surface area contributed by atoms with Crippen LogP contribution in [0.25, 0.3) is 0 Å². The second-order valence-corrected chi connectivity index (χ2v) is 3.74. The average Bonchev–Trinajstić information content (AvgIpc) is 2.49. The van der Waals surface area contributed by atoms with E-state index in [1.165, 1.54) is 0 Å². The largest absolute Gasteiger partial charge is 1.00 e. The van der Waals surface area contributed by atoms with Gasteiger partial charge in [0.15, 0.2) is 0 Å². The molecular weight excluding hydrogens is 331 g/mol. The topological polar surface area (TPSA) is 250 Å². The zero-order valence-electron chi connectivity index (χ0n) is 10.9. The van der Waals surface area contributed by atoms with Gasteiger partial charge in [-0.25, -0.2) is 15.8 Å². The first-order valence-corrected chi connectivity index (χ1v) is 4.85. The summed E-state index contributed by atoms with van der Waals surface area (Å²) >= 11 is 0. The maximum atomic E-state index is 10.6. The van der Waals surface area contributed by atoms with Crippen LogP contribution in [0.15, 0.2) is 0 Å². The van der Waals surface area contributed by atoms with Crippen LogP contribution in [0.5, 0.6) is 0 Å². The second-order valence-electron chi connectivity index (χ2n) is 3.74. The third-order valence-electron chi connectivity index (χ3n) is 2.58. The van der Waals surface area contributed by atoms with Crippen LogP contribution >= 0.6 is 0 Å². The van der Waals surface area contributed by atoms with Crippen molar-refractivity contribution in [2.45, 2.75) is 29.6 Å². The number of aliphatic hydroxyl groups is 6. The van der Waals surface area contributed by atoms with E-state index < -0.39 is 42.1 Å². The molecule has 0 aliphatic carbocycles. The molecule has 0 bridgehead atoms. The molecule has 0 aromatic heterocycles. The molecule has 0 aromatic rings. The number of aliphatic carboxylic acids is 1. The molecule has 14 nitrogen and oxygen atoms in total. The minimum Gasteiger partial charge on any atom is -0.544 e. The number of carbonyl (C=O) groups excluding carboxylic acids is 1. The van der Waals surface area contributed by atoms with E-state index in [-0.39, 0.29) is 29.6 Å². The van der Waals surface area contributed by atoms with Crippen molar-refractivity contribution >= 4 is 5.97 Å². The SMILES string of the molecule is O=C([O-])C(O)(OO)C(O)(OO)C(O)(OO)C(O)C(O)CO.[Na+]. The number of carboxylic acids is 1. The molecule has 0 spiro atoms. The van der Waals surface area contributed by atoms with Gasteiger partial charge >= 0.3 is 41.1 Å². The smallest absolute Gasteiger partial charge is 0.544 e. The van der Waals surface area contributed by atoms with Crippen molar-refractivity contribution in [1.29, 1.82) is 0 Å².